The van der Waals surface area contributed by atoms with Crippen molar-refractivity contribution in [2.75, 3.05) is 6.67 Å². The van der Waals surface area contributed by atoms with Gasteiger partial charge in [-0.25, -0.2) is 0 Å². The van der Waals surface area contributed by atoms with Crippen LogP contribution in [-0.4, -0.2) is 34.9 Å². The summed E-state index contributed by atoms with van der Waals surface area (Å²) in [6.45, 7) is -0.355. The van der Waals surface area contributed by atoms with E-state index in [1.807, 2.05) is 0 Å². The largest absolute Gasteiger partial charge is 0.481 e. The minimum atomic E-state index is -1.19. The van der Waals surface area contributed by atoms with Gasteiger partial charge in [-0.1, -0.05) is 19.3 Å². The van der Waals surface area contributed by atoms with Gasteiger partial charge < -0.3 is 15.9 Å². The molecule has 0 bridgehead atoms. The van der Waals surface area contributed by atoms with E-state index in [2.05, 4.69) is 0 Å². The molecule has 17 heavy (non-hydrogen) atoms. The number of halogens is 1. The van der Waals surface area contributed by atoms with Crippen molar-refractivity contribution in [1.29, 1.82) is 0 Å². The summed E-state index contributed by atoms with van der Waals surface area (Å²) in [7, 11) is 0. The number of hydrogen-bond donors (Lipinski definition) is 3. The molecule has 5 nitrogen and oxygen atoms in total. The molecule has 0 unspecified atom stereocenters. The molecule has 0 saturated carbocycles. The van der Waals surface area contributed by atoms with Crippen LogP contribution in [0.3, 0.4) is 0 Å². The molecule has 0 amide bonds. The first-order valence-corrected chi connectivity index (χ1v) is 5.76. The average Bonchev–Trinajstić information content (AvgIpc) is 2.26. The van der Waals surface area contributed by atoms with Gasteiger partial charge in [0.1, 0.15) is 6.04 Å². The number of hydrogen-bond acceptors (Lipinski definition) is 3. The summed E-state index contributed by atoms with van der Waals surface area (Å²) in [5.41, 5.74) is 5.29. The first-order chi connectivity index (χ1) is 7.99. The summed E-state index contributed by atoms with van der Waals surface area (Å²) in [6, 6.07) is -1.14. The highest BCUT2D eigenvalue weighted by atomic mass is 18.2. The third-order valence-electron chi connectivity index (χ3n) is 2.64. The minimum absolute atomic E-state index is 0.0617. The highest BCUT2D eigenvalue weighted by molar-refractivity contribution is 5.75. The summed E-state index contributed by atoms with van der Waals surface area (Å²) in [6.07, 6.45) is 2.97. The molecule has 0 fully saturated rings. The van der Waals surface area contributed by atoms with E-state index in [1.165, 1.54) is 0 Å². The van der Waals surface area contributed by atoms with Gasteiger partial charge in [0.05, 0.1) is 12.6 Å². The Morgan fingerprint density at radius 1 is 1.06 bits per heavy atom. The zero-order valence-corrected chi connectivity index (χ0v) is 9.77. The number of alkyl halides is 1. The number of nitrogens with two attached hydrogens (primary N) is 1. The van der Waals surface area contributed by atoms with E-state index in [4.69, 9.17) is 15.9 Å². The highest BCUT2D eigenvalue weighted by Crippen LogP contribution is 2.16. The highest BCUT2D eigenvalue weighted by Gasteiger charge is 2.23. The van der Waals surface area contributed by atoms with Crippen molar-refractivity contribution in [3.63, 3.8) is 0 Å². The Balaban J connectivity index is 3.91. The van der Waals surface area contributed by atoms with Crippen LogP contribution in [0.1, 0.15) is 38.5 Å². The Kier molecular flexibility index (Phi) is 8.31. The molecular weight excluding hydrogens is 228 g/mol. The SMILES string of the molecule is N[C@@H](C[C@H](CCCCCC[18F])C(=O)O)C(=O)O. The lowest BCUT2D eigenvalue weighted by Gasteiger charge is -2.14. The molecule has 0 heterocycles. The Bertz CT molecular complexity index is 248. The second kappa shape index (κ2) is 8.92. The van der Waals surface area contributed by atoms with Crippen LogP contribution in [0.15, 0.2) is 0 Å². The number of carboxylic acid groups (broad SMARTS) is 2. The molecule has 100 valence electrons. The number of aliphatic carboxylic acids is 2. The van der Waals surface area contributed by atoms with Gasteiger partial charge in [-0.05, 0) is 19.3 Å². The summed E-state index contributed by atoms with van der Waals surface area (Å²) < 4.78 is 11.8. The first-order valence-electron chi connectivity index (χ1n) is 5.76. The Hall–Kier alpha value is -1.17. The van der Waals surface area contributed by atoms with Crippen LogP contribution in [0.5, 0.6) is 0 Å². The molecule has 0 aliphatic rings. The molecule has 0 aromatic carbocycles. The fourth-order valence-corrected chi connectivity index (χ4v) is 1.59. The Morgan fingerprint density at radius 3 is 2.12 bits per heavy atom. The lowest BCUT2D eigenvalue weighted by molar-refractivity contribution is -0.143. The first kappa shape index (κ1) is 15.8. The lowest BCUT2D eigenvalue weighted by atomic mass is 9.94. The van der Waals surface area contributed by atoms with E-state index < -0.39 is 23.9 Å². The molecule has 0 aromatic rings. The van der Waals surface area contributed by atoms with E-state index in [-0.39, 0.29) is 13.1 Å². The molecule has 2 atom stereocenters. The molecular formula is C11H20FNO4. The van der Waals surface area contributed by atoms with Crippen LogP contribution in [0, 0.1) is 5.92 Å². The molecule has 0 aliphatic heterocycles. The predicted octanol–water partition coefficient (Wildman–Crippen LogP) is 1.41. The zero-order chi connectivity index (χ0) is 13.3. The summed E-state index contributed by atoms with van der Waals surface area (Å²) >= 11 is 0. The van der Waals surface area contributed by atoms with E-state index in [0.717, 1.165) is 12.8 Å². The number of unbranched alkanes of at least 4 members (excludes halogenated alkanes) is 3. The van der Waals surface area contributed by atoms with Crippen LogP contribution in [-0.2, 0) is 9.59 Å². The van der Waals surface area contributed by atoms with E-state index >= 15 is 0 Å². The molecule has 0 radical (unpaired) electrons. The van der Waals surface area contributed by atoms with Gasteiger partial charge in [0, 0.05) is 0 Å². The second-order valence-electron chi connectivity index (χ2n) is 4.11. The Morgan fingerprint density at radius 2 is 1.65 bits per heavy atom. The van der Waals surface area contributed by atoms with Crippen molar-refractivity contribution in [2.24, 2.45) is 11.7 Å². The third-order valence-corrected chi connectivity index (χ3v) is 2.64. The van der Waals surface area contributed by atoms with Crippen LogP contribution in [0.2, 0.25) is 0 Å². The maximum atomic E-state index is 11.8. The maximum Gasteiger partial charge on any atom is 0.320 e. The summed E-state index contributed by atoms with van der Waals surface area (Å²) in [5.74, 6) is -2.94. The van der Waals surface area contributed by atoms with Gasteiger partial charge in [0.25, 0.3) is 0 Å². The van der Waals surface area contributed by atoms with Gasteiger partial charge in [-0.2, -0.15) is 0 Å². The standard InChI is InChI=1S/C11H20FNO4/c12-6-4-2-1-3-5-8(10(14)15)7-9(13)11(16)17/h8-9H,1-7,13H2,(H,14,15)(H,16,17)/t8-,9-/m0/s1/i12-1. The van der Waals surface area contributed by atoms with E-state index in [9.17, 15) is 14.0 Å². The zero-order valence-electron chi connectivity index (χ0n) is 9.77. The number of carboxylic acids is 2. The van der Waals surface area contributed by atoms with Crippen molar-refractivity contribution >= 4 is 11.9 Å². The van der Waals surface area contributed by atoms with Gasteiger partial charge in [0.15, 0.2) is 0 Å². The smallest absolute Gasteiger partial charge is 0.320 e. The van der Waals surface area contributed by atoms with E-state index in [0.29, 0.717) is 19.3 Å². The van der Waals surface area contributed by atoms with Crippen molar-refractivity contribution in [3.8, 4) is 0 Å². The molecule has 0 aromatic heterocycles. The van der Waals surface area contributed by atoms with Gasteiger partial charge in [-0.3, -0.25) is 14.0 Å². The monoisotopic (exact) mass is 248 g/mol. The molecule has 4 N–H and O–H groups in total. The fraction of sp³-hybridized carbons (Fsp3) is 0.818. The van der Waals surface area contributed by atoms with Crippen LogP contribution >= 0.6 is 0 Å². The summed E-state index contributed by atoms with van der Waals surface area (Å²) in [4.78, 5) is 21.4. The minimum Gasteiger partial charge on any atom is -0.481 e. The van der Waals surface area contributed by atoms with Crippen LogP contribution in [0.25, 0.3) is 0 Å². The predicted molar refractivity (Wildman–Crippen MR) is 60.4 cm³/mol. The van der Waals surface area contributed by atoms with Gasteiger partial charge in [-0.15, -0.1) is 0 Å². The van der Waals surface area contributed by atoms with Crippen molar-refractivity contribution < 1.29 is 24.2 Å². The maximum absolute atomic E-state index is 11.8. The molecule has 0 spiro atoms. The second-order valence-corrected chi connectivity index (χ2v) is 4.11. The van der Waals surface area contributed by atoms with E-state index in [1.54, 1.807) is 0 Å². The fourth-order valence-electron chi connectivity index (χ4n) is 1.59. The van der Waals surface area contributed by atoms with Gasteiger partial charge in [0.2, 0.25) is 0 Å². The number of rotatable bonds is 10. The average molecular weight is 248 g/mol. The third kappa shape index (κ3) is 7.68. The molecule has 0 aliphatic carbocycles. The van der Waals surface area contributed by atoms with Gasteiger partial charge >= 0.3 is 11.9 Å². The number of carbonyl (C=O) groups is 2. The molecule has 0 saturated heterocycles. The van der Waals surface area contributed by atoms with Crippen molar-refractivity contribution in [1.82, 2.24) is 0 Å². The summed E-state index contributed by atoms with van der Waals surface area (Å²) in [5, 5.41) is 17.5. The molecule has 0 rings (SSSR count). The van der Waals surface area contributed by atoms with Crippen LogP contribution in [0.4, 0.5) is 4.39 Å². The molecule has 6 heteroatoms. The van der Waals surface area contributed by atoms with Crippen molar-refractivity contribution in [3.05, 3.63) is 0 Å². The Labute approximate surface area is 99.8 Å². The van der Waals surface area contributed by atoms with Crippen molar-refractivity contribution in [2.45, 2.75) is 44.6 Å². The normalized spacial score (nSPS) is 14.2. The van der Waals surface area contributed by atoms with Crippen LogP contribution < -0.4 is 5.73 Å². The quantitative estimate of drug-likeness (QED) is 0.507. The topological polar surface area (TPSA) is 101 Å². The lowest BCUT2D eigenvalue weighted by Crippen LogP contribution is -2.34.